The minimum absolute atomic E-state index is 0.0492. The smallest absolute Gasteiger partial charge is 0.0806 e. The maximum Gasteiger partial charge on any atom is 0.0806 e. The van der Waals surface area contributed by atoms with E-state index >= 15 is 0 Å². The second kappa shape index (κ2) is 6.35. The third-order valence-corrected chi connectivity index (χ3v) is 4.06. The molecule has 0 heterocycles. The van der Waals surface area contributed by atoms with E-state index in [1.54, 1.807) is 0 Å². The Balaban J connectivity index is 1.83. The fraction of sp³-hybridized carbons (Fsp3) is 0.625. The Labute approximate surface area is 111 Å². The molecule has 2 N–H and O–H groups in total. The van der Waals surface area contributed by atoms with Gasteiger partial charge in [0.2, 0.25) is 0 Å². The van der Waals surface area contributed by atoms with Gasteiger partial charge in [-0.1, -0.05) is 50.1 Å². The second-order valence-corrected chi connectivity index (χ2v) is 5.67. The Bertz CT molecular complexity index is 351. The molecule has 0 amide bonds. The van der Waals surface area contributed by atoms with Crippen LogP contribution in [0.1, 0.15) is 38.2 Å². The molecule has 1 saturated carbocycles. The first kappa shape index (κ1) is 13.6. The first-order chi connectivity index (χ1) is 8.74. The van der Waals surface area contributed by atoms with E-state index in [4.69, 9.17) is 10.5 Å². The number of rotatable bonds is 5. The van der Waals surface area contributed by atoms with Crippen LogP contribution >= 0.6 is 0 Å². The van der Waals surface area contributed by atoms with Crippen molar-refractivity contribution >= 4 is 0 Å². The number of benzene rings is 1. The van der Waals surface area contributed by atoms with Crippen LogP contribution in [0, 0.1) is 5.92 Å². The van der Waals surface area contributed by atoms with E-state index in [0.29, 0.717) is 6.54 Å². The highest BCUT2D eigenvalue weighted by Gasteiger charge is 2.34. The Kier molecular flexibility index (Phi) is 4.79. The molecule has 0 aliphatic heterocycles. The number of hydrogen-bond donors (Lipinski definition) is 1. The van der Waals surface area contributed by atoms with Crippen LogP contribution in [0.5, 0.6) is 0 Å². The van der Waals surface area contributed by atoms with E-state index in [-0.39, 0.29) is 5.60 Å². The van der Waals surface area contributed by atoms with E-state index in [2.05, 4.69) is 37.3 Å². The zero-order chi connectivity index (χ0) is 12.8. The SMILES string of the molecule is CC1CCCC(CN)(OCCc2ccccc2)C1. The normalized spacial score (nSPS) is 28.2. The minimum Gasteiger partial charge on any atom is -0.373 e. The van der Waals surface area contributed by atoms with Crippen LogP contribution in [0.3, 0.4) is 0 Å². The number of nitrogens with two attached hydrogens (primary N) is 1. The van der Waals surface area contributed by atoms with Crippen molar-refractivity contribution < 1.29 is 4.74 Å². The molecule has 1 aliphatic carbocycles. The molecule has 0 spiro atoms. The molecule has 100 valence electrons. The lowest BCUT2D eigenvalue weighted by Gasteiger charge is -2.39. The van der Waals surface area contributed by atoms with Crippen LogP contribution in [0.4, 0.5) is 0 Å². The van der Waals surface area contributed by atoms with Crippen LogP contribution in [-0.2, 0) is 11.2 Å². The third-order valence-electron chi connectivity index (χ3n) is 4.06. The molecule has 18 heavy (non-hydrogen) atoms. The molecule has 1 aromatic rings. The molecule has 1 aliphatic rings. The van der Waals surface area contributed by atoms with Gasteiger partial charge in [0.1, 0.15) is 0 Å². The third kappa shape index (κ3) is 3.56. The first-order valence-electron chi connectivity index (χ1n) is 7.12. The molecular formula is C16H25NO. The van der Waals surface area contributed by atoms with Gasteiger partial charge in [0, 0.05) is 6.54 Å². The van der Waals surface area contributed by atoms with Gasteiger partial charge in [0.15, 0.2) is 0 Å². The van der Waals surface area contributed by atoms with Crippen molar-refractivity contribution in [2.24, 2.45) is 11.7 Å². The summed E-state index contributed by atoms with van der Waals surface area (Å²) in [5, 5.41) is 0. The van der Waals surface area contributed by atoms with Crippen molar-refractivity contribution in [2.75, 3.05) is 13.2 Å². The van der Waals surface area contributed by atoms with Crippen molar-refractivity contribution in [3.05, 3.63) is 35.9 Å². The van der Waals surface area contributed by atoms with Crippen molar-refractivity contribution in [3.8, 4) is 0 Å². The van der Waals surface area contributed by atoms with Gasteiger partial charge in [-0.3, -0.25) is 0 Å². The van der Waals surface area contributed by atoms with Gasteiger partial charge in [-0.2, -0.15) is 0 Å². The van der Waals surface area contributed by atoms with E-state index < -0.39 is 0 Å². The van der Waals surface area contributed by atoms with Crippen molar-refractivity contribution in [2.45, 2.75) is 44.6 Å². The van der Waals surface area contributed by atoms with Gasteiger partial charge in [0.05, 0.1) is 12.2 Å². The molecule has 0 aromatic heterocycles. The van der Waals surface area contributed by atoms with Crippen molar-refractivity contribution in [1.29, 1.82) is 0 Å². The topological polar surface area (TPSA) is 35.2 Å². The second-order valence-electron chi connectivity index (χ2n) is 5.67. The van der Waals surface area contributed by atoms with E-state index in [0.717, 1.165) is 31.8 Å². The van der Waals surface area contributed by atoms with Crippen molar-refractivity contribution in [3.63, 3.8) is 0 Å². The summed E-state index contributed by atoms with van der Waals surface area (Å²) in [5.74, 6) is 0.749. The molecule has 2 nitrogen and oxygen atoms in total. The van der Waals surface area contributed by atoms with Crippen LogP contribution < -0.4 is 5.73 Å². The Morgan fingerprint density at radius 3 is 2.78 bits per heavy atom. The average molecular weight is 247 g/mol. The quantitative estimate of drug-likeness (QED) is 0.867. The van der Waals surface area contributed by atoms with Gasteiger partial charge in [-0.15, -0.1) is 0 Å². The molecule has 0 radical (unpaired) electrons. The predicted molar refractivity (Wildman–Crippen MR) is 75.5 cm³/mol. The first-order valence-corrected chi connectivity index (χ1v) is 7.12. The summed E-state index contributed by atoms with van der Waals surface area (Å²) in [6, 6.07) is 10.5. The van der Waals surface area contributed by atoms with Crippen molar-refractivity contribution in [1.82, 2.24) is 0 Å². The largest absolute Gasteiger partial charge is 0.373 e. The summed E-state index contributed by atoms with van der Waals surface area (Å²) in [7, 11) is 0. The van der Waals surface area contributed by atoms with E-state index in [1.807, 2.05) is 0 Å². The fourth-order valence-electron chi connectivity index (χ4n) is 3.02. The molecular weight excluding hydrogens is 222 g/mol. The Hall–Kier alpha value is -0.860. The zero-order valence-electron chi connectivity index (χ0n) is 11.4. The highest BCUT2D eigenvalue weighted by molar-refractivity contribution is 5.14. The summed E-state index contributed by atoms with van der Waals surface area (Å²) in [6.45, 7) is 3.75. The lowest BCUT2D eigenvalue weighted by molar-refractivity contribution is -0.0730. The fourth-order valence-corrected chi connectivity index (χ4v) is 3.02. The van der Waals surface area contributed by atoms with Crippen LogP contribution in [0.25, 0.3) is 0 Å². The molecule has 2 atom stereocenters. The molecule has 2 unspecified atom stereocenters. The van der Waals surface area contributed by atoms with Gasteiger partial charge >= 0.3 is 0 Å². The maximum atomic E-state index is 6.17. The molecule has 2 heteroatoms. The molecule has 1 aromatic carbocycles. The summed E-state index contributed by atoms with van der Waals surface area (Å²) in [4.78, 5) is 0. The number of hydrogen-bond acceptors (Lipinski definition) is 2. The van der Waals surface area contributed by atoms with E-state index in [9.17, 15) is 0 Å². The summed E-state index contributed by atoms with van der Waals surface area (Å²) in [6.07, 6.45) is 5.81. The lowest BCUT2D eigenvalue weighted by atomic mass is 9.79. The summed E-state index contributed by atoms with van der Waals surface area (Å²) >= 11 is 0. The highest BCUT2D eigenvalue weighted by Crippen LogP contribution is 2.34. The van der Waals surface area contributed by atoms with Crippen LogP contribution in [0.15, 0.2) is 30.3 Å². The van der Waals surface area contributed by atoms with Crippen LogP contribution in [-0.4, -0.2) is 18.8 Å². The number of ether oxygens (including phenoxy) is 1. The Morgan fingerprint density at radius 2 is 2.11 bits per heavy atom. The highest BCUT2D eigenvalue weighted by atomic mass is 16.5. The molecule has 2 rings (SSSR count). The summed E-state index contributed by atoms with van der Waals surface area (Å²) in [5.41, 5.74) is 7.25. The summed E-state index contributed by atoms with van der Waals surface area (Å²) < 4.78 is 6.17. The standard InChI is InChI=1S/C16H25NO/c1-14-6-5-10-16(12-14,13-17)18-11-9-15-7-3-2-4-8-15/h2-4,7-8,14H,5-6,9-13,17H2,1H3. The van der Waals surface area contributed by atoms with Gasteiger partial charge < -0.3 is 10.5 Å². The van der Waals surface area contributed by atoms with Gasteiger partial charge in [-0.05, 0) is 30.7 Å². The minimum atomic E-state index is -0.0492. The zero-order valence-corrected chi connectivity index (χ0v) is 11.4. The van der Waals surface area contributed by atoms with Crippen LogP contribution in [0.2, 0.25) is 0 Å². The average Bonchev–Trinajstić information content (AvgIpc) is 2.40. The maximum absolute atomic E-state index is 6.17. The molecule has 1 fully saturated rings. The molecule has 0 saturated heterocycles. The molecule has 0 bridgehead atoms. The lowest BCUT2D eigenvalue weighted by Crippen LogP contribution is -2.44. The van der Waals surface area contributed by atoms with Gasteiger partial charge in [0.25, 0.3) is 0 Å². The predicted octanol–water partition coefficient (Wildman–Crippen LogP) is 3.15. The van der Waals surface area contributed by atoms with Gasteiger partial charge in [-0.25, -0.2) is 0 Å². The van der Waals surface area contributed by atoms with E-state index in [1.165, 1.54) is 18.4 Å². The monoisotopic (exact) mass is 247 g/mol. The Morgan fingerprint density at radius 1 is 1.33 bits per heavy atom.